The van der Waals surface area contributed by atoms with Gasteiger partial charge in [0.2, 0.25) is 0 Å². The monoisotopic (exact) mass is 241 g/mol. The van der Waals surface area contributed by atoms with Crippen LogP contribution in [0.25, 0.3) is 0 Å². The second-order valence-corrected chi connectivity index (χ2v) is 5.40. The molecule has 17 heavy (non-hydrogen) atoms. The van der Waals surface area contributed by atoms with E-state index in [2.05, 4.69) is 12.2 Å². The number of nitrogens with one attached hydrogen (secondary N) is 1. The molecule has 0 bridgehead atoms. The average Bonchev–Trinajstić information content (AvgIpc) is 2.97. The third kappa shape index (κ3) is 3.42. The number of carbonyl (C=O) groups is 1. The third-order valence-electron chi connectivity index (χ3n) is 4.16. The summed E-state index contributed by atoms with van der Waals surface area (Å²) in [5.41, 5.74) is 0. The van der Waals surface area contributed by atoms with Gasteiger partial charge in [-0.3, -0.25) is 0 Å². The molecule has 1 aliphatic carbocycles. The highest BCUT2D eigenvalue weighted by Gasteiger charge is 2.31. The van der Waals surface area contributed by atoms with Gasteiger partial charge in [-0.05, 0) is 38.5 Å². The SMILES string of the molecule is C[C@H](NCC1CCC(C(=O)O)O1)C1CCCC1. The molecule has 1 saturated heterocycles. The van der Waals surface area contributed by atoms with Crippen LogP contribution in [0.5, 0.6) is 0 Å². The molecule has 0 amide bonds. The van der Waals surface area contributed by atoms with Crippen molar-refractivity contribution >= 4 is 5.97 Å². The number of hydrogen-bond acceptors (Lipinski definition) is 3. The maximum atomic E-state index is 10.7. The largest absolute Gasteiger partial charge is 0.479 e. The quantitative estimate of drug-likeness (QED) is 0.770. The fourth-order valence-corrected chi connectivity index (χ4v) is 2.98. The molecule has 2 rings (SSSR count). The maximum absolute atomic E-state index is 10.7. The Hall–Kier alpha value is -0.610. The van der Waals surface area contributed by atoms with E-state index in [4.69, 9.17) is 9.84 Å². The van der Waals surface area contributed by atoms with Crippen molar-refractivity contribution in [1.82, 2.24) is 5.32 Å². The third-order valence-corrected chi connectivity index (χ3v) is 4.16. The lowest BCUT2D eigenvalue weighted by molar-refractivity contribution is -0.149. The Bertz CT molecular complexity index is 263. The summed E-state index contributed by atoms with van der Waals surface area (Å²) < 4.78 is 5.47. The molecule has 3 atom stereocenters. The van der Waals surface area contributed by atoms with Crippen LogP contribution in [0.3, 0.4) is 0 Å². The lowest BCUT2D eigenvalue weighted by Gasteiger charge is -2.22. The molecule has 2 unspecified atom stereocenters. The summed E-state index contributed by atoms with van der Waals surface area (Å²) in [6.45, 7) is 3.03. The lowest BCUT2D eigenvalue weighted by Crippen LogP contribution is -2.38. The minimum absolute atomic E-state index is 0.0833. The highest BCUT2D eigenvalue weighted by molar-refractivity contribution is 5.72. The Morgan fingerprint density at radius 1 is 1.35 bits per heavy atom. The first-order valence-electron chi connectivity index (χ1n) is 6.78. The standard InChI is InChI=1S/C13H23NO3/c1-9(10-4-2-3-5-10)14-8-11-6-7-12(17-11)13(15)16/h9-12,14H,2-8H2,1H3,(H,15,16)/t9-,11?,12?/m0/s1. The van der Waals surface area contributed by atoms with Crippen LogP contribution in [0, 0.1) is 5.92 Å². The zero-order chi connectivity index (χ0) is 12.3. The summed E-state index contributed by atoms with van der Waals surface area (Å²) in [6, 6.07) is 0.532. The van der Waals surface area contributed by atoms with E-state index in [0.717, 1.165) is 18.9 Å². The Balaban J connectivity index is 1.66. The van der Waals surface area contributed by atoms with Crippen molar-refractivity contribution < 1.29 is 14.6 Å². The fourth-order valence-electron chi connectivity index (χ4n) is 2.98. The summed E-state index contributed by atoms with van der Waals surface area (Å²) in [5.74, 6) is -0.0250. The first-order valence-corrected chi connectivity index (χ1v) is 6.78. The van der Waals surface area contributed by atoms with Gasteiger partial charge in [0.1, 0.15) is 0 Å². The number of aliphatic carboxylic acids is 1. The van der Waals surface area contributed by atoms with Crippen molar-refractivity contribution in [3.05, 3.63) is 0 Å². The topological polar surface area (TPSA) is 58.6 Å². The number of rotatable bonds is 5. The Kier molecular flexibility index (Phi) is 4.40. The fraction of sp³-hybridized carbons (Fsp3) is 0.923. The van der Waals surface area contributed by atoms with Crippen LogP contribution in [-0.2, 0) is 9.53 Å². The number of ether oxygens (including phenoxy) is 1. The van der Waals surface area contributed by atoms with E-state index in [1.807, 2.05) is 0 Å². The molecule has 0 aromatic carbocycles. The smallest absolute Gasteiger partial charge is 0.332 e. The first-order chi connectivity index (χ1) is 8.16. The minimum atomic E-state index is -0.823. The molecule has 1 saturated carbocycles. The number of carboxylic acid groups (broad SMARTS) is 1. The molecule has 98 valence electrons. The van der Waals surface area contributed by atoms with Crippen LogP contribution in [0.2, 0.25) is 0 Å². The van der Waals surface area contributed by atoms with Crippen LogP contribution in [-0.4, -0.2) is 35.9 Å². The van der Waals surface area contributed by atoms with Gasteiger partial charge in [-0.2, -0.15) is 0 Å². The summed E-state index contributed by atoms with van der Waals surface area (Å²) in [4.78, 5) is 10.7. The van der Waals surface area contributed by atoms with Gasteiger partial charge >= 0.3 is 5.97 Å². The Labute approximate surface area is 103 Å². The van der Waals surface area contributed by atoms with E-state index >= 15 is 0 Å². The van der Waals surface area contributed by atoms with E-state index in [-0.39, 0.29) is 6.10 Å². The molecule has 0 spiro atoms. The Morgan fingerprint density at radius 2 is 2.06 bits per heavy atom. The predicted octanol–water partition coefficient (Wildman–Crippen LogP) is 1.79. The normalized spacial score (nSPS) is 31.8. The van der Waals surface area contributed by atoms with Crippen LogP contribution in [0.1, 0.15) is 45.4 Å². The van der Waals surface area contributed by atoms with Crippen molar-refractivity contribution in [1.29, 1.82) is 0 Å². The highest BCUT2D eigenvalue weighted by Crippen LogP contribution is 2.27. The summed E-state index contributed by atoms with van der Waals surface area (Å²) in [7, 11) is 0. The highest BCUT2D eigenvalue weighted by atomic mass is 16.5. The molecular formula is C13H23NO3. The van der Waals surface area contributed by atoms with Crippen molar-refractivity contribution in [3.63, 3.8) is 0 Å². The van der Waals surface area contributed by atoms with Gasteiger partial charge in [-0.1, -0.05) is 12.8 Å². The second-order valence-electron chi connectivity index (χ2n) is 5.40. The van der Waals surface area contributed by atoms with Crippen molar-refractivity contribution in [2.75, 3.05) is 6.54 Å². The van der Waals surface area contributed by atoms with E-state index in [9.17, 15) is 4.79 Å². The maximum Gasteiger partial charge on any atom is 0.332 e. The van der Waals surface area contributed by atoms with E-state index in [0.29, 0.717) is 12.5 Å². The number of carboxylic acids is 1. The van der Waals surface area contributed by atoms with Crippen LogP contribution < -0.4 is 5.32 Å². The number of hydrogen-bond donors (Lipinski definition) is 2. The molecule has 2 fully saturated rings. The molecular weight excluding hydrogens is 218 g/mol. The van der Waals surface area contributed by atoms with Crippen molar-refractivity contribution in [2.45, 2.75) is 63.7 Å². The Morgan fingerprint density at radius 3 is 2.65 bits per heavy atom. The van der Waals surface area contributed by atoms with Gasteiger partial charge in [0.15, 0.2) is 6.10 Å². The zero-order valence-electron chi connectivity index (χ0n) is 10.5. The van der Waals surface area contributed by atoms with E-state index in [1.165, 1.54) is 25.7 Å². The molecule has 2 aliphatic rings. The van der Waals surface area contributed by atoms with Gasteiger partial charge in [-0.15, -0.1) is 0 Å². The van der Waals surface area contributed by atoms with Crippen molar-refractivity contribution in [2.24, 2.45) is 5.92 Å². The zero-order valence-corrected chi connectivity index (χ0v) is 10.5. The first kappa shape index (κ1) is 12.8. The van der Waals surface area contributed by atoms with Gasteiger partial charge in [0, 0.05) is 12.6 Å². The molecule has 1 heterocycles. The molecule has 0 radical (unpaired) electrons. The molecule has 4 heteroatoms. The predicted molar refractivity (Wildman–Crippen MR) is 65.0 cm³/mol. The van der Waals surface area contributed by atoms with Gasteiger partial charge < -0.3 is 15.2 Å². The van der Waals surface area contributed by atoms with E-state index in [1.54, 1.807) is 0 Å². The lowest BCUT2D eigenvalue weighted by atomic mass is 9.99. The van der Waals surface area contributed by atoms with Crippen molar-refractivity contribution in [3.8, 4) is 0 Å². The summed E-state index contributed by atoms with van der Waals surface area (Å²) in [5, 5.41) is 12.3. The van der Waals surface area contributed by atoms with Gasteiger partial charge in [0.05, 0.1) is 6.10 Å². The second kappa shape index (κ2) is 5.83. The van der Waals surface area contributed by atoms with Gasteiger partial charge in [0.25, 0.3) is 0 Å². The van der Waals surface area contributed by atoms with Crippen LogP contribution >= 0.6 is 0 Å². The summed E-state index contributed by atoms with van der Waals surface area (Å²) in [6.07, 6.45) is 6.40. The average molecular weight is 241 g/mol. The molecule has 2 N–H and O–H groups in total. The molecule has 4 nitrogen and oxygen atoms in total. The molecule has 1 aliphatic heterocycles. The van der Waals surface area contributed by atoms with Crippen LogP contribution in [0.4, 0.5) is 0 Å². The molecule has 0 aromatic rings. The molecule has 0 aromatic heterocycles. The minimum Gasteiger partial charge on any atom is -0.479 e. The van der Waals surface area contributed by atoms with Gasteiger partial charge in [-0.25, -0.2) is 4.79 Å². The van der Waals surface area contributed by atoms with Crippen LogP contribution in [0.15, 0.2) is 0 Å². The van der Waals surface area contributed by atoms with E-state index < -0.39 is 12.1 Å². The summed E-state index contributed by atoms with van der Waals surface area (Å²) >= 11 is 0.